The van der Waals surface area contributed by atoms with E-state index in [9.17, 15) is 19.1 Å². The van der Waals surface area contributed by atoms with Gasteiger partial charge in [-0.3, -0.25) is 19.5 Å². The summed E-state index contributed by atoms with van der Waals surface area (Å²) in [7, 11) is 0. The lowest BCUT2D eigenvalue weighted by Crippen LogP contribution is -2.49. The van der Waals surface area contributed by atoms with Gasteiger partial charge < -0.3 is 19.9 Å². The van der Waals surface area contributed by atoms with Crippen LogP contribution in [0.5, 0.6) is 0 Å². The smallest absolute Gasteiger partial charge is 0.338 e. The number of benzene rings is 2. The number of carbonyl (C=O) groups is 2. The Bertz CT molecular complexity index is 1780. The van der Waals surface area contributed by atoms with E-state index in [-0.39, 0.29) is 56.2 Å². The lowest BCUT2D eigenvalue weighted by Gasteiger charge is -2.31. The highest BCUT2D eigenvalue weighted by Crippen LogP contribution is 2.42. The number of nitrogens with one attached hydrogen (secondary N) is 1. The fraction of sp³-hybridized carbons (Fsp3) is 0.444. The Balaban J connectivity index is 1.25. The maximum absolute atomic E-state index is 15.9. The third-order valence-corrected chi connectivity index (χ3v) is 10.2. The van der Waals surface area contributed by atoms with E-state index in [1.54, 1.807) is 50.5 Å². The number of hydrogen-bond acceptors (Lipinski definition) is 12. The summed E-state index contributed by atoms with van der Waals surface area (Å²) in [5, 5.41) is 17.6. The Labute approximate surface area is 297 Å². The molecule has 0 saturated carbocycles. The number of likely N-dealkylation sites (tertiary alicyclic amines) is 1. The average Bonchev–Trinajstić information content (AvgIpc) is 3.85. The number of thiazole rings is 1. The maximum Gasteiger partial charge on any atom is 0.338 e. The normalized spacial score (nSPS) is 23.0. The largest absolute Gasteiger partial charge is 0.463 e. The molecule has 11 nitrogen and oxygen atoms in total. The summed E-state index contributed by atoms with van der Waals surface area (Å²) in [4.78, 5) is 42.9. The molecular weight excluding hydrogens is 687 g/mol. The minimum atomic E-state index is -3.29. The van der Waals surface area contributed by atoms with Gasteiger partial charge in [0.05, 0.1) is 49.9 Å². The molecule has 0 amide bonds. The first-order chi connectivity index (χ1) is 24.5. The van der Waals surface area contributed by atoms with Crippen molar-refractivity contribution < 1.29 is 42.2 Å². The number of aromatic nitrogens is 1. The second kappa shape index (κ2) is 15.6. The Morgan fingerprint density at radius 2 is 1.94 bits per heavy atom. The molecule has 272 valence electrons. The van der Waals surface area contributed by atoms with Crippen LogP contribution in [0, 0.1) is 18.7 Å². The number of esters is 2. The molecule has 0 radical (unpaired) electrons. The van der Waals surface area contributed by atoms with E-state index >= 15 is 8.78 Å². The summed E-state index contributed by atoms with van der Waals surface area (Å²) < 4.78 is 57.6. The van der Waals surface area contributed by atoms with Crippen molar-refractivity contribution in [3.63, 3.8) is 0 Å². The van der Waals surface area contributed by atoms with Gasteiger partial charge in [-0.1, -0.05) is 49.4 Å². The molecule has 2 N–H and O–H groups in total. The number of alkyl halides is 2. The van der Waals surface area contributed by atoms with E-state index in [1.165, 1.54) is 28.4 Å². The third-order valence-electron chi connectivity index (χ3n) is 9.42. The van der Waals surface area contributed by atoms with Crippen molar-refractivity contribution in [3.05, 3.63) is 98.9 Å². The van der Waals surface area contributed by atoms with Gasteiger partial charge in [0.1, 0.15) is 24.5 Å². The van der Waals surface area contributed by atoms with E-state index in [0.717, 1.165) is 10.6 Å². The first-order valence-corrected chi connectivity index (χ1v) is 17.7. The molecule has 2 fully saturated rings. The van der Waals surface area contributed by atoms with Crippen molar-refractivity contribution in [1.82, 2.24) is 20.3 Å². The van der Waals surface area contributed by atoms with Crippen LogP contribution in [0.3, 0.4) is 0 Å². The predicted octanol–water partition coefficient (Wildman–Crippen LogP) is 4.56. The topological polar surface area (TPSA) is 126 Å². The summed E-state index contributed by atoms with van der Waals surface area (Å²) in [5.74, 6) is -5.77. The zero-order valence-corrected chi connectivity index (χ0v) is 29.2. The number of carbonyl (C=O) groups excluding carboxylic acids is 2. The van der Waals surface area contributed by atoms with E-state index in [1.807, 2.05) is 18.2 Å². The van der Waals surface area contributed by atoms with Crippen LogP contribution in [0.4, 0.5) is 13.2 Å². The molecule has 3 aromatic rings. The van der Waals surface area contributed by atoms with Crippen molar-refractivity contribution in [3.8, 4) is 0 Å². The number of fused-ring (bicyclic) bond motifs is 1. The van der Waals surface area contributed by atoms with Gasteiger partial charge in [0, 0.05) is 23.8 Å². The Kier molecular flexibility index (Phi) is 11.2. The molecule has 2 saturated heterocycles. The van der Waals surface area contributed by atoms with Crippen LogP contribution >= 0.6 is 11.3 Å². The number of β-amino-alcohol motifs (C(OH)–C–C–N with tert-alkyl or cyclic N) is 1. The number of aliphatic hydroxyl groups is 1. The fourth-order valence-electron chi connectivity index (χ4n) is 6.86. The van der Waals surface area contributed by atoms with Crippen molar-refractivity contribution in [2.45, 2.75) is 64.0 Å². The number of hydrogen-bond donors (Lipinski definition) is 2. The zero-order chi connectivity index (χ0) is 36.3. The van der Waals surface area contributed by atoms with E-state index in [0.29, 0.717) is 16.4 Å². The first kappa shape index (κ1) is 36.6. The Morgan fingerprint density at radius 1 is 1.16 bits per heavy atom. The predicted molar refractivity (Wildman–Crippen MR) is 182 cm³/mol. The van der Waals surface area contributed by atoms with Gasteiger partial charge in [-0.15, -0.1) is 11.3 Å². The zero-order valence-electron chi connectivity index (χ0n) is 28.4. The first-order valence-electron chi connectivity index (χ1n) is 16.8. The molecule has 15 heteroatoms. The quantitative estimate of drug-likeness (QED) is 0.242. The minimum Gasteiger partial charge on any atom is -0.463 e. The number of aliphatic imine (C=N–C) groups is 1. The van der Waals surface area contributed by atoms with Crippen molar-refractivity contribution in [2.75, 3.05) is 32.8 Å². The molecule has 0 spiro atoms. The molecule has 4 heterocycles. The van der Waals surface area contributed by atoms with Crippen LogP contribution in [-0.4, -0.2) is 94.8 Å². The SMILES string of the molecule is CCOC(=O)C1=C(CN2CC(F)(F)[C@H]3[C@@H]2CON3C[C@@H](O)[C@@H](CC)C(=O)OCc2ccccc2)NC(c2nccs2)=N[C@H]1c1cccc(F)c1C. The van der Waals surface area contributed by atoms with Gasteiger partial charge in [0.2, 0.25) is 0 Å². The highest BCUT2D eigenvalue weighted by molar-refractivity contribution is 7.11. The van der Waals surface area contributed by atoms with Crippen molar-refractivity contribution >= 4 is 29.1 Å². The molecule has 6 rings (SSSR count). The lowest BCUT2D eigenvalue weighted by molar-refractivity contribution is -0.198. The maximum atomic E-state index is 15.9. The minimum absolute atomic E-state index is 0.0210. The second-order valence-corrected chi connectivity index (χ2v) is 13.6. The van der Waals surface area contributed by atoms with Gasteiger partial charge in [-0.25, -0.2) is 22.9 Å². The second-order valence-electron chi connectivity index (χ2n) is 12.7. The number of ether oxygens (including phenoxy) is 2. The number of halogens is 3. The summed E-state index contributed by atoms with van der Waals surface area (Å²) in [6, 6.07) is 10.3. The molecule has 5 atom stereocenters. The van der Waals surface area contributed by atoms with E-state index < -0.39 is 60.4 Å². The van der Waals surface area contributed by atoms with Gasteiger partial charge in [0.25, 0.3) is 5.92 Å². The van der Waals surface area contributed by atoms with Crippen molar-refractivity contribution in [1.29, 1.82) is 0 Å². The summed E-state index contributed by atoms with van der Waals surface area (Å²) in [6.45, 7) is 3.72. The molecule has 0 aliphatic carbocycles. The lowest BCUT2D eigenvalue weighted by atomic mass is 9.92. The summed E-state index contributed by atoms with van der Waals surface area (Å²) >= 11 is 1.29. The third kappa shape index (κ3) is 7.72. The number of amidine groups is 1. The number of aliphatic hydroxyl groups excluding tert-OH is 1. The van der Waals surface area contributed by atoms with Crippen LogP contribution in [0.25, 0.3) is 0 Å². The molecule has 3 aliphatic heterocycles. The van der Waals surface area contributed by atoms with Gasteiger partial charge in [-0.2, -0.15) is 5.06 Å². The Morgan fingerprint density at radius 3 is 2.65 bits per heavy atom. The van der Waals surface area contributed by atoms with Crippen LogP contribution in [0.15, 0.2) is 76.4 Å². The van der Waals surface area contributed by atoms with Gasteiger partial charge in [0.15, 0.2) is 10.8 Å². The standard InChI is InChI=1S/C36H40F3N5O6S/c1-4-23(34(46)49-18-22-10-7-6-8-11-22)28(45)17-44-31-27(19-50-44)43(20-36(31,38)39)16-26-29(35(47)48-5-2)30(24-12-9-13-25(37)21(24)3)42-32(41-26)33-40-14-15-51-33/h6-15,23,27-28,30-31,45H,4-5,16-20H2,1-3H3,(H,41,42)/t23-,27+,28-,30+,31-/m1/s1. The summed E-state index contributed by atoms with van der Waals surface area (Å²) in [5.41, 5.74) is 1.83. The van der Waals surface area contributed by atoms with Gasteiger partial charge in [-0.05, 0) is 43.0 Å². The molecule has 2 aromatic carbocycles. The molecule has 51 heavy (non-hydrogen) atoms. The molecule has 0 bridgehead atoms. The fourth-order valence-corrected chi connectivity index (χ4v) is 7.45. The average molecular weight is 728 g/mol. The molecule has 3 aliphatic rings. The van der Waals surface area contributed by atoms with Crippen molar-refractivity contribution in [2.24, 2.45) is 10.9 Å². The van der Waals surface area contributed by atoms with E-state index in [2.05, 4.69) is 10.3 Å². The molecular formula is C36H40F3N5O6S. The van der Waals surface area contributed by atoms with E-state index in [4.69, 9.17) is 19.3 Å². The molecule has 1 aromatic heterocycles. The number of rotatable bonds is 13. The van der Waals surface area contributed by atoms with Crippen LogP contribution in [-0.2, 0) is 30.5 Å². The van der Waals surface area contributed by atoms with Crippen LogP contribution in [0.2, 0.25) is 0 Å². The summed E-state index contributed by atoms with van der Waals surface area (Å²) in [6.07, 6.45) is 0.477. The molecule has 0 unspecified atom stereocenters. The highest BCUT2D eigenvalue weighted by atomic mass is 32.1. The van der Waals surface area contributed by atoms with Gasteiger partial charge >= 0.3 is 11.9 Å². The highest BCUT2D eigenvalue weighted by Gasteiger charge is 2.61. The number of hydroxylamine groups is 2. The number of nitrogens with zero attached hydrogens (tertiary/aromatic N) is 4. The van der Waals surface area contributed by atoms with Crippen LogP contribution in [0.1, 0.15) is 48.0 Å². The monoisotopic (exact) mass is 727 g/mol. The van der Waals surface area contributed by atoms with Crippen LogP contribution < -0.4 is 5.32 Å². The Hall–Kier alpha value is -4.15.